The lowest BCUT2D eigenvalue weighted by Crippen LogP contribution is -1.95. The summed E-state index contributed by atoms with van der Waals surface area (Å²) in [5.74, 6) is 0. The van der Waals surface area contributed by atoms with E-state index in [0.717, 1.165) is 44.3 Å². The Bertz CT molecular complexity index is 2630. The van der Waals surface area contributed by atoms with Crippen LogP contribution in [0.2, 0.25) is 0 Å². The molecule has 0 aliphatic rings. The van der Waals surface area contributed by atoms with Crippen LogP contribution in [0.5, 0.6) is 0 Å². The first-order valence-electron chi connectivity index (χ1n) is 15.5. The molecule has 3 heteroatoms. The summed E-state index contributed by atoms with van der Waals surface area (Å²) in [6.07, 6.45) is 0. The Kier molecular flexibility index (Phi) is 5.88. The van der Waals surface area contributed by atoms with E-state index in [4.69, 9.17) is 0 Å². The number of nitriles is 1. The molecule has 9 rings (SSSR count). The Labute approximate surface area is 266 Å². The summed E-state index contributed by atoms with van der Waals surface area (Å²) in [6.45, 7) is 0. The molecule has 0 radical (unpaired) electrons. The van der Waals surface area contributed by atoms with Crippen LogP contribution in [0.4, 0.5) is 0 Å². The van der Waals surface area contributed by atoms with Crippen LogP contribution in [0.15, 0.2) is 164 Å². The largest absolute Gasteiger partial charge is 0.309 e. The SMILES string of the molecule is N#Cc1ccc2c(c1)c1cc(-c3cccc(-c4ccccc4)c3)ccc1n2-c1ccc2c(c1)c1ccccc1n2-c1ccccc1. The van der Waals surface area contributed by atoms with Crippen molar-refractivity contribution in [1.29, 1.82) is 5.26 Å². The van der Waals surface area contributed by atoms with Gasteiger partial charge in [0.05, 0.1) is 33.7 Å². The van der Waals surface area contributed by atoms with Crippen molar-refractivity contribution in [2.24, 2.45) is 0 Å². The molecule has 2 aromatic heterocycles. The highest BCUT2D eigenvalue weighted by Crippen LogP contribution is 2.39. The van der Waals surface area contributed by atoms with Crippen molar-refractivity contribution in [3.8, 4) is 39.7 Å². The highest BCUT2D eigenvalue weighted by atomic mass is 15.0. The first kappa shape index (κ1) is 26.1. The van der Waals surface area contributed by atoms with Gasteiger partial charge in [-0.15, -0.1) is 0 Å². The van der Waals surface area contributed by atoms with E-state index in [0.29, 0.717) is 5.56 Å². The second-order valence-electron chi connectivity index (χ2n) is 11.7. The Morgan fingerprint density at radius 1 is 0.348 bits per heavy atom. The Morgan fingerprint density at radius 2 is 0.891 bits per heavy atom. The van der Waals surface area contributed by atoms with Crippen molar-refractivity contribution >= 4 is 43.6 Å². The van der Waals surface area contributed by atoms with Gasteiger partial charge in [0, 0.05) is 32.9 Å². The summed E-state index contributed by atoms with van der Waals surface area (Å²) in [5, 5.41) is 14.4. The van der Waals surface area contributed by atoms with Crippen LogP contribution in [0.25, 0.3) is 77.2 Å². The van der Waals surface area contributed by atoms with Gasteiger partial charge in [0.25, 0.3) is 0 Å². The summed E-state index contributed by atoms with van der Waals surface area (Å²) < 4.78 is 4.68. The fourth-order valence-electron chi connectivity index (χ4n) is 7.01. The first-order chi connectivity index (χ1) is 22.8. The summed E-state index contributed by atoms with van der Waals surface area (Å²) >= 11 is 0. The number of hydrogen-bond donors (Lipinski definition) is 0. The normalized spacial score (nSPS) is 11.5. The maximum Gasteiger partial charge on any atom is 0.0991 e. The zero-order valence-corrected chi connectivity index (χ0v) is 24.9. The predicted molar refractivity (Wildman–Crippen MR) is 191 cm³/mol. The molecular weight excluding hydrogens is 558 g/mol. The molecule has 0 saturated carbocycles. The van der Waals surface area contributed by atoms with Crippen LogP contribution in [0.3, 0.4) is 0 Å². The smallest absolute Gasteiger partial charge is 0.0991 e. The van der Waals surface area contributed by atoms with Crippen molar-refractivity contribution in [3.63, 3.8) is 0 Å². The molecule has 0 aliphatic heterocycles. The van der Waals surface area contributed by atoms with Crippen LogP contribution in [0, 0.1) is 11.3 Å². The molecule has 0 spiro atoms. The standard InChI is InChI=1S/C43H27N3/c44-28-29-18-21-41-37(24-29)38-26-33(32-13-9-12-31(25-32)30-10-3-1-4-11-30)19-22-42(38)46(41)35-20-23-43-39(27-35)36-16-7-8-17-40(36)45(43)34-14-5-2-6-15-34/h1-27H. The Balaban J connectivity index is 1.27. The van der Waals surface area contributed by atoms with E-state index in [9.17, 15) is 5.26 Å². The number of hydrogen-bond acceptors (Lipinski definition) is 1. The molecule has 0 N–H and O–H groups in total. The van der Waals surface area contributed by atoms with E-state index in [2.05, 4.69) is 161 Å². The van der Waals surface area contributed by atoms with E-state index in [1.54, 1.807) is 0 Å². The van der Waals surface area contributed by atoms with Gasteiger partial charge in [0.2, 0.25) is 0 Å². The highest BCUT2D eigenvalue weighted by Gasteiger charge is 2.17. The molecular formula is C43H27N3. The van der Waals surface area contributed by atoms with Crippen LogP contribution < -0.4 is 0 Å². The minimum absolute atomic E-state index is 0.657. The molecule has 3 nitrogen and oxygen atoms in total. The number of fused-ring (bicyclic) bond motifs is 6. The lowest BCUT2D eigenvalue weighted by atomic mass is 9.98. The third-order valence-electron chi connectivity index (χ3n) is 9.13. The molecule has 0 aliphatic carbocycles. The number of benzene rings is 7. The molecule has 7 aromatic carbocycles. The number of nitrogens with zero attached hydrogens (tertiary/aromatic N) is 3. The lowest BCUT2D eigenvalue weighted by Gasteiger charge is -2.11. The molecule has 9 aromatic rings. The van der Waals surface area contributed by atoms with Gasteiger partial charge >= 0.3 is 0 Å². The predicted octanol–water partition coefficient (Wildman–Crippen LogP) is 11.1. The van der Waals surface area contributed by atoms with Gasteiger partial charge < -0.3 is 9.13 Å². The molecule has 214 valence electrons. The second-order valence-corrected chi connectivity index (χ2v) is 11.7. The fourth-order valence-corrected chi connectivity index (χ4v) is 7.01. The lowest BCUT2D eigenvalue weighted by molar-refractivity contribution is 1.16. The summed E-state index contributed by atoms with van der Waals surface area (Å²) in [5.41, 5.74) is 12.1. The molecule has 0 unspecified atom stereocenters. The topological polar surface area (TPSA) is 33.6 Å². The van der Waals surface area contributed by atoms with E-state index < -0.39 is 0 Å². The maximum atomic E-state index is 9.82. The molecule has 0 saturated heterocycles. The zero-order chi connectivity index (χ0) is 30.6. The van der Waals surface area contributed by atoms with Gasteiger partial charge in [0.1, 0.15) is 0 Å². The van der Waals surface area contributed by atoms with Gasteiger partial charge in [-0.2, -0.15) is 5.26 Å². The van der Waals surface area contributed by atoms with Crippen LogP contribution >= 0.6 is 0 Å². The maximum absolute atomic E-state index is 9.82. The van der Waals surface area contributed by atoms with Crippen molar-refractivity contribution < 1.29 is 0 Å². The van der Waals surface area contributed by atoms with Gasteiger partial charge in [-0.1, -0.05) is 91.0 Å². The van der Waals surface area contributed by atoms with Crippen LogP contribution in [-0.4, -0.2) is 9.13 Å². The summed E-state index contributed by atoms with van der Waals surface area (Å²) in [6, 6.07) is 60.2. The third kappa shape index (κ3) is 4.05. The van der Waals surface area contributed by atoms with Crippen LogP contribution in [-0.2, 0) is 0 Å². The summed E-state index contributed by atoms with van der Waals surface area (Å²) in [7, 11) is 0. The minimum Gasteiger partial charge on any atom is -0.309 e. The average Bonchev–Trinajstić information content (AvgIpc) is 3.64. The van der Waals surface area contributed by atoms with Crippen molar-refractivity contribution in [3.05, 3.63) is 169 Å². The van der Waals surface area contributed by atoms with E-state index in [1.165, 1.54) is 32.9 Å². The third-order valence-corrected chi connectivity index (χ3v) is 9.13. The van der Waals surface area contributed by atoms with E-state index in [-0.39, 0.29) is 0 Å². The molecule has 0 bridgehead atoms. The quantitative estimate of drug-likeness (QED) is 0.202. The molecule has 46 heavy (non-hydrogen) atoms. The second kappa shape index (κ2) is 10.4. The zero-order valence-electron chi connectivity index (χ0n) is 24.9. The van der Waals surface area contributed by atoms with Crippen molar-refractivity contribution in [2.45, 2.75) is 0 Å². The van der Waals surface area contributed by atoms with E-state index >= 15 is 0 Å². The Hall–Kier alpha value is -6.37. The number of para-hydroxylation sites is 2. The minimum atomic E-state index is 0.657. The highest BCUT2D eigenvalue weighted by molar-refractivity contribution is 6.13. The van der Waals surface area contributed by atoms with Gasteiger partial charge in [-0.25, -0.2) is 0 Å². The molecule has 0 atom stereocenters. The van der Waals surface area contributed by atoms with E-state index in [1.807, 2.05) is 18.2 Å². The average molecular weight is 586 g/mol. The van der Waals surface area contributed by atoms with Gasteiger partial charge in [0.15, 0.2) is 0 Å². The van der Waals surface area contributed by atoms with Gasteiger partial charge in [-0.3, -0.25) is 0 Å². The summed E-state index contributed by atoms with van der Waals surface area (Å²) in [4.78, 5) is 0. The van der Waals surface area contributed by atoms with Crippen LogP contribution in [0.1, 0.15) is 5.56 Å². The number of aromatic nitrogens is 2. The first-order valence-corrected chi connectivity index (χ1v) is 15.5. The fraction of sp³-hybridized carbons (Fsp3) is 0. The monoisotopic (exact) mass is 585 g/mol. The Morgan fingerprint density at radius 3 is 1.67 bits per heavy atom. The number of rotatable bonds is 4. The molecule has 2 heterocycles. The van der Waals surface area contributed by atoms with Crippen molar-refractivity contribution in [2.75, 3.05) is 0 Å². The molecule has 0 amide bonds. The van der Waals surface area contributed by atoms with Crippen molar-refractivity contribution in [1.82, 2.24) is 9.13 Å². The van der Waals surface area contributed by atoms with Gasteiger partial charge in [-0.05, 0) is 95.1 Å². The molecule has 0 fully saturated rings.